The Kier molecular flexibility index (Phi) is 4.92. The van der Waals surface area contributed by atoms with Crippen LogP contribution in [0.25, 0.3) is 0 Å². The van der Waals surface area contributed by atoms with Crippen molar-refractivity contribution in [1.82, 2.24) is 9.78 Å². The van der Waals surface area contributed by atoms with Gasteiger partial charge < -0.3 is 10.5 Å². The molecule has 1 aromatic carbocycles. The maximum atomic E-state index is 12.3. The fourth-order valence-electron chi connectivity index (χ4n) is 2.06. The van der Waals surface area contributed by atoms with E-state index in [0.717, 1.165) is 5.56 Å². The summed E-state index contributed by atoms with van der Waals surface area (Å²) >= 11 is 5.97. The lowest BCUT2D eigenvalue weighted by molar-refractivity contribution is -0.149. The number of benzene rings is 1. The van der Waals surface area contributed by atoms with Crippen molar-refractivity contribution in [2.24, 2.45) is 0 Å². The fourth-order valence-corrected chi connectivity index (χ4v) is 2.25. The lowest BCUT2D eigenvalue weighted by Gasteiger charge is -2.23. The summed E-state index contributed by atoms with van der Waals surface area (Å²) < 4.78 is 6.75. The number of nitrogen functional groups attached to an aromatic ring is 1. The molecule has 2 N–H and O–H groups in total. The molecule has 6 nitrogen and oxygen atoms in total. The number of nitrogens with two attached hydrogens (primary N) is 1. The second kappa shape index (κ2) is 6.71. The number of nitriles is 1. The summed E-state index contributed by atoms with van der Waals surface area (Å²) in [6.07, 6.45) is 1.38. The standard InChI is InChI=1S/C16H17ClN4O2/c1-16(2,12-4-3-5-13(17)8-12)15(22)23-7-6-21-14(19)11(9-18)10-20-21/h3-5,8,10H,6-7,19H2,1-2H3. The molecule has 0 unspecified atom stereocenters. The number of nitrogens with zero attached hydrogens (tertiary/aromatic N) is 3. The smallest absolute Gasteiger partial charge is 0.316 e. The van der Waals surface area contributed by atoms with E-state index in [1.54, 1.807) is 32.0 Å². The average molecular weight is 333 g/mol. The first kappa shape index (κ1) is 16.8. The van der Waals surface area contributed by atoms with Gasteiger partial charge in [0.15, 0.2) is 0 Å². The van der Waals surface area contributed by atoms with E-state index >= 15 is 0 Å². The van der Waals surface area contributed by atoms with Crippen molar-refractivity contribution in [2.45, 2.75) is 25.8 Å². The molecule has 2 rings (SSSR count). The Morgan fingerprint density at radius 1 is 1.52 bits per heavy atom. The molecule has 0 aliphatic carbocycles. The van der Waals surface area contributed by atoms with Crippen LogP contribution in [0.1, 0.15) is 25.0 Å². The van der Waals surface area contributed by atoms with Gasteiger partial charge in [-0.3, -0.25) is 4.79 Å². The zero-order valence-corrected chi connectivity index (χ0v) is 13.7. The minimum Gasteiger partial charge on any atom is -0.463 e. The quantitative estimate of drug-likeness (QED) is 0.849. The third kappa shape index (κ3) is 3.63. The lowest BCUT2D eigenvalue weighted by atomic mass is 9.85. The third-order valence-electron chi connectivity index (χ3n) is 3.59. The number of anilines is 1. The molecule has 120 valence electrons. The molecule has 0 atom stereocenters. The number of rotatable bonds is 5. The number of esters is 1. The predicted molar refractivity (Wildman–Crippen MR) is 86.8 cm³/mol. The maximum Gasteiger partial charge on any atom is 0.316 e. The largest absolute Gasteiger partial charge is 0.463 e. The minimum atomic E-state index is -0.821. The zero-order chi connectivity index (χ0) is 17.0. The maximum absolute atomic E-state index is 12.3. The van der Waals surface area contributed by atoms with Gasteiger partial charge in [-0.15, -0.1) is 0 Å². The fraction of sp³-hybridized carbons (Fsp3) is 0.312. The summed E-state index contributed by atoms with van der Waals surface area (Å²) in [5.74, 6) is -0.108. The second-order valence-electron chi connectivity index (χ2n) is 5.55. The van der Waals surface area contributed by atoms with Crippen LogP contribution in [0.2, 0.25) is 5.02 Å². The zero-order valence-electron chi connectivity index (χ0n) is 12.9. The molecule has 7 heteroatoms. The number of aromatic nitrogens is 2. The van der Waals surface area contributed by atoms with Crippen LogP contribution in [0, 0.1) is 11.3 Å². The molecule has 1 aromatic heterocycles. The monoisotopic (exact) mass is 332 g/mol. The highest BCUT2D eigenvalue weighted by atomic mass is 35.5. The van der Waals surface area contributed by atoms with Gasteiger partial charge in [-0.25, -0.2) is 4.68 Å². The van der Waals surface area contributed by atoms with E-state index in [-0.39, 0.29) is 24.9 Å². The molecule has 0 aliphatic heterocycles. The summed E-state index contributed by atoms with van der Waals surface area (Å²) in [6.45, 7) is 3.94. The summed E-state index contributed by atoms with van der Waals surface area (Å²) in [6, 6.07) is 9.05. The van der Waals surface area contributed by atoms with Crippen LogP contribution in [-0.4, -0.2) is 22.4 Å². The van der Waals surface area contributed by atoms with E-state index in [9.17, 15) is 4.79 Å². The van der Waals surface area contributed by atoms with Gasteiger partial charge in [0, 0.05) is 5.02 Å². The normalized spacial score (nSPS) is 11.0. The van der Waals surface area contributed by atoms with E-state index in [1.807, 2.05) is 12.1 Å². The molecule has 2 aromatic rings. The number of ether oxygens (including phenoxy) is 1. The van der Waals surface area contributed by atoms with E-state index < -0.39 is 5.41 Å². The number of hydrogen-bond acceptors (Lipinski definition) is 5. The highest BCUT2D eigenvalue weighted by molar-refractivity contribution is 6.30. The molecule has 23 heavy (non-hydrogen) atoms. The summed E-state index contributed by atoms with van der Waals surface area (Å²) in [5, 5.41) is 13.4. The average Bonchev–Trinajstić information content (AvgIpc) is 2.87. The number of carbonyl (C=O) groups excluding carboxylic acids is 1. The molecule has 1 heterocycles. The van der Waals surface area contributed by atoms with Crippen LogP contribution in [0.4, 0.5) is 5.82 Å². The topological polar surface area (TPSA) is 93.9 Å². The predicted octanol–water partition coefficient (Wildman–Crippen LogP) is 2.51. The van der Waals surface area contributed by atoms with Gasteiger partial charge in [0.25, 0.3) is 0 Å². The van der Waals surface area contributed by atoms with Crippen molar-refractivity contribution in [3.05, 3.63) is 46.6 Å². The van der Waals surface area contributed by atoms with Crippen molar-refractivity contribution in [3.63, 3.8) is 0 Å². The van der Waals surface area contributed by atoms with E-state index in [4.69, 9.17) is 27.3 Å². The Bertz CT molecular complexity index is 762. The molecule has 0 amide bonds. The van der Waals surface area contributed by atoms with Crippen LogP contribution >= 0.6 is 11.6 Å². The Hall–Kier alpha value is -2.52. The third-order valence-corrected chi connectivity index (χ3v) is 3.83. The lowest BCUT2D eigenvalue weighted by Crippen LogP contribution is -2.32. The summed E-state index contributed by atoms with van der Waals surface area (Å²) in [7, 11) is 0. The SMILES string of the molecule is CC(C)(C(=O)OCCn1ncc(C#N)c1N)c1cccc(Cl)c1. The number of halogens is 1. The van der Waals surface area contributed by atoms with Gasteiger partial charge in [0.1, 0.15) is 24.1 Å². The summed E-state index contributed by atoms with van der Waals surface area (Å²) in [4.78, 5) is 12.3. The first-order valence-corrected chi connectivity index (χ1v) is 7.38. The van der Waals surface area contributed by atoms with Crippen LogP contribution in [0.15, 0.2) is 30.5 Å². The van der Waals surface area contributed by atoms with E-state index in [0.29, 0.717) is 10.6 Å². The van der Waals surface area contributed by atoms with Crippen molar-refractivity contribution in [3.8, 4) is 6.07 Å². The van der Waals surface area contributed by atoms with Crippen molar-refractivity contribution in [1.29, 1.82) is 5.26 Å². The van der Waals surface area contributed by atoms with Crippen molar-refractivity contribution >= 4 is 23.4 Å². The van der Waals surface area contributed by atoms with E-state index in [2.05, 4.69) is 5.10 Å². The van der Waals surface area contributed by atoms with Gasteiger partial charge in [0.05, 0.1) is 18.2 Å². The Morgan fingerprint density at radius 2 is 2.26 bits per heavy atom. The molecular weight excluding hydrogens is 316 g/mol. The van der Waals surface area contributed by atoms with E-state index in [1.165, 1.54) is 10.9 Å². The number of carbonyl (C=O) groups is 1. The summed E-state index contributed by atoms with van der Waals surface area (Å²) in [5.41, 5.74) is 6.01. The van der Waals surface area contributed by atoms with Gasteiger partial charge in [-0.1, -0.05) is 23.7 Å². The van der Waals surface area contributed by atoms with Gasteiger partial charge in [0.2, 0.25) is 0 Å². The molecule has 0 radical (unpaired) electrons. The van der Waals surface area contributed by atoms with Crippen LogP contribution in [0.5, 0.6) is 0 Å². The molecule has 0 fully saturated rings. The number of hydrogen-bond donors (Lipinski definition) is 1. The first-order valence-electron chi connectivity index (χ1n) is 7.01. The van der Waals surface area contributed by atoms with Crippen LogP contribution < -0.4 is 5.73 Å². The van der Waals surface area contributed by atoms with Gasteiger partial charge in [-0.05, 0) is 31.5 Å². The Labute approximate surface area is 139 Å². The van der Waals surface area contributed by atoms with Gasteiger partial charge >= 0.3 is 5.97 Å². The molecular formula is C16H17ClN4O2. The first-order chi connectivity index (χ1) is 10.9. The van der Waals surface area contributed by atoms with Crippen molar-refractivity contribution < 1.29 is 9.53 Å². The Balaban J connectivity index is 1.99. The highest BCUT2D eigenvalue weighted by Gasteiger charge is 2.31. The minimum absolute atomic E-state index is 0.111. The van der Waals surface area contributed by atoms with Crippen LogP contribution in [0.3, 0.4) is 0 Å². The molecule has 0 saturated heterocycles. The molecule has 0 bridgehead atoms. The molecule has 0 aliphatic rings. The Morgan fingerprint density at radius 3 is 2.87 bits per heavy atom. The highest BCUT2D eigenvalue weighted by Crippen LogP contribution is 2.27. The van der Waals surface area contributed by atoms with Gasteiger partial charge in [-0.2, -0.15) is 10.4 Å². The molecule has 0 saturated carbocycles. The second-order valence-corrected chi connectivity index (χ2v) is 5.99. The van der Waals surface area contributed by atoms with Crippen LogP contribution in [-0.2, 0) is 21.5 Å². The molecule has 0 spiro atoms. The van der Waals surface area contributed by atoms with Crippen molar-refractivity contribution in [2.75, 3.05) is 12.3 Å².